The SMILES string of the molecule is CC1Cc2cccn2-c2ccccc2NC1=O. The lowest BCUT2D eigenvalue weighted by Crippen LogP contribution is -2.25. The van der Waals surface area contributed by atoms with E-state index in [1.165, 1.54) is 5.69 Å². The Kier molecular flexibility index (Phi) is 2.25. The molecule has 0 bridgehead atoms. The molecule has 2 aromatic rings. The number of anilines is 1. The van der Waals surface area contributed by atoms with E-state index < -0.39 is 0 Å². The van der Waals surface area contributed by atoms with Crippen LogP contribution in [-0.2, 0) is 11.2 Å². The van der Waals surface area contributed by atoms with E-state index in [4.69, 9.17) is 0 Å². The first-order valence-electron chi connectivity index (χ1n) is 5.82. The van der Waals surface area contributed by atoms with Crippen LogP contribution in [0.15, 0.2) is 42.6 Å². The van der Waals surface area contributed by atoms with Gasteiger partial charge in [0.2, 0.25) is 5.91 Å². The summed E-state index contributed by atoms with van der Waals surface area (Å²) in [5.41, 5.74) is 3.09. The third-order valence-corrected chi connectivity index (χ3v) is 3.22. The van der Waals surface area contributed by atoms with Gasteiger partial charge in [-0.1, -0.05) is 19.1 Å². The maximum atomic E-state index is 11.9. The molecule has 3 rings (SSSR count). The molecule has 2 heterocycles. The molecule has 1 aliphatic heterocycles. The zero-order valence-corrected chi connectivity index (χ0v) is 9.68. The summed E-state index contributed by atoms with van der Waals surface area (Å²) in [6.45, 7) is 1.96. The van der Waals surface area contributed by atoms with Crippen LogP contribution >= 0.6 is 0 Å². The second-order valence-corrected chi connectivity index (χ2v) is 4.48. The number of fused-ring (bicyclic) bond motifs is 3. The van der Waals surface area contributed by atoms with Gasteiger partial charge in [0.05, 0.1) is 11.4 Å². The van der Waals surface area contributed by atoms with Gasteiger partial charge in [0.25, 0.3) is 0 Å². The molecule has 1 aromatic heterocycles. The fraction of sp³-hybridized carbons (Fsp3) is 0.214. The van der Waals surface area contributed by atoms with Gasteiger partial charge < -0.3 is 9.88 Å². The highest BCUT2D eigenvalue weighted by atomic mass is 16.1. The Morgan fingerprint density at radius 2 is 2.06 bits per heavy atom. The lowest BCUT2D eigenvalue weighted by Gasteiger charge is -2.21. The number of aromatic nitrogens is 1. The van der Waals surface area contributed by atoms with Crippen LogP contribution in [0, 0.1) is 5.92 Å². The molecule has 1 aromatic carbocycles. The van der Waals surface area contributed by atoms with E-state index in [0.717, 1.165) is 17.8 Å². The van der Waals surface area contributed by atoms with Crippen molar-refractivity contribution in [1.82, 2.24) is 4.57 Å². The number of carbonyl (C=O) groups excluding carboxylic acids is 1. The molecule has 1 atom stereocenters. The van der Waals surface area contributed by atoms with Crippen LogP contribution in [0.1, 0.15) is 12.6 Å². The standard InChI is InChI=1S/C14H14N2O/c1-10-9-11-5-4-8-16(11)13-7-3-2-6-12(13)15-14(10)17/h2-8,10H,9H2,1H3,(H,15,17). The van der Waals surface area contributed by atoms with Crippen LogP contribution < -0.4 is 5.32 Å². The van der Waals surface area contributed by atoms with Crippen LogP contribution in [-0.4, -0.2) is 10.5 Å². The predicted octanol–water partition coefficient (Wildman–Crippen LogP) is 2.61. The minimum absolute atomic E-state index is 0.00277. The molecule has 0 fully saturated rings. The molecule has 1 N–H and O–H groups in total. The van der Waals surface area contributed by atoms with Crippen LogP contribution in [0.5, 0.6) is 0 Å². The van der Waals surface area contributed by atoms with Crippen LogP contribution in [0.25, 0.3) is 5.69 Å². The summed E-state index contributed by atoms with van der Waals surface area (Å²) in [5.74, 6) is 0.0851. The van der Waals surface area contributed by atoms with E-state index in [2.05, 4.69) is 16.0 Å². The van der Waals surface area contributed by atoms with Crippen molar-refractivity contribution in [3.05, 3.63) is 48.3 Å². The Hall–Kier alpha value is -2.03. The van der Waals surface area contributed by atoms with E-state index >= 15 is 0 Å². The van der Waals surface area contributed by atoms with E-state index in [9.17, 15) is 4.79 Å². The van der Waals surface area contributed by atoms with Crippen LogP contribution in [0.4, 0.5) is 5.69 Å². The first kappa shape index (κ1) is 10.1. The monoisotopic (exact) mass is 226 g/mol. The Bertz CT molecular complexity index is 571. The average molecular weight is 226 g/mol. The number of rotatable bonds is 0. The van der Waals surface area contributed by atoms with Gasteiger partial charge in [-0.15, -0.1) is 0 Å². The third kappa shape index (κ3) is 1.64. The average Bonchev–Trinajstić information content (AvgIpc) is 2.76. The normalized spacial score (nSPS) is 18.6. The molecule has 0 saturated heterocycles. The largest absolute Gasteiger partial charge is 0.324 e. The van der Waals surface area contributed by atoms with Crippen molar-refractivity contribution in [3.63, 3.8) is 0 Å². The zero-order chi connectivity index (χ0) is 11.8. The molecule has 1 unspecified atom stereocenters. The Morgan fingerprint density at radius 1 is 1.24 bits per heavy atom. The number of nitrogens with one attached hydrogen (secondary N) is 1. The number of nitrogens with zero attached hydrogens (tertiary/aromatic N) is 1. The van der Waals surface area contributed by atoms with Crippen LogP contribution in [0.3, 0.4) is 0 Å². The smallest absolute Gasteiger partial charge is 0.227 e. The van der Waals surface area contributed by atoms with E-state index in [1.807, 2.05) is 43.5 Å². The molecular formula is C14H14N2O. The lowest BCUT2D eigenvalue weighted by atomic mass is 10.0. The quantitative estimate of drug-likeness (QED) is 0.736. The highest BCUT2D eigenvalue weighted by molar-refractivity contribution is 5.94. The van der Waals surface area contributed by atoms with Gasteiger partial charge in [-0.2, -0.15) is 0 Å². The molecule has 0 aliphatic carbocycles. The Labute approximate surface area is 100 Å². The van der Waals surface area contributed by atoms with Gasteiger partial charge in [-0.05, 0) is 30.7 Å². The zero-order valence-electron chi connectivity index (χ0n) is 9.68. The van der Waals surface area contributed by atoms with Crippen molar-refractivity contribution in [2.75, 3.05) is 5.32 Å². The maximum absolute atomic E-state index is 11.9. The molecule has 3 nitrogen and oxygen atoms in total. The van der Waals surface area contributed by atoms with Gasteiger partial charge in [0.1, 0.15) is 0 Å². The van der Waals surface area contributed by atoms with Gasteiger partial charge in [0.15, 0.2) is 0 Å². The van der Waals surface area contributed by atoms with Gasteiger partial charge in [0, 0.05) is 17.8 Å². The van der Waals surface area contributed by atoms with Gasteiger partial charge in [-0.25, -0.2) is 0 Å². The highest BCUT2D eigenvalue weighted by Gasteiger charge is 2.20. The minimum atomic E-state index is -0.00277. The van der Waals surface area contributed by atoms with Crippen molar-refractivity contribution in [1.29, 1.82) is 0 Å². The molecule has 86 valence electrons. The molecule has 0 saturated carbocycles. The van der Waals surface area contributed by atoms with Gasteiger partial charge in [-0.3, -0.25) is 4.79 Å². The molecule has 1 amide bonds. The number of hydrogen-bond donors (Lipinski definition) is 1. The van der Waals surface area contributed by atoms with Crippen LogP contribution in [0.2, 0.25) is 0 Å². The number of para-hydroxylation sites is 2. The number of benzene rings is 1. The first-order chi connectivity index (χ1) is 8.25. The van der Waals surface area contributed by atoms with Crippen molar-refractivity contribution >= 4 is 11.6 Å². The number of amides is 1. The molecule has 0 radical (unpaired) electrons. The third-order valence-electron chi connectivity index (χ3n) is 3.22. The number of hydrogen-bond acceptors (Lipinski definition) is 1. The molecular weight excluding hydrogens is 212 g/mol. The Balaban J connectivity index is 2.21. The Morgan fingerprint density at radius 3 is 2.94 bits per heavy atom. The summed E-state index contributed by atoms with van der Waals surface area (Å²) in [7, 11) is 0. The van der Waals surface area contributed by atoms with Crippen molar-refractivity contribution in [2.24, 2.45) is 5.92 Å². The second-order valence-electron chi connectivity index (χ2n) is 4.48. The molecule has 0 spiro atoms. The van der Waals surface area contributed by atoms with Gasteiger partial charge >= 0.3 is 0 Å². The lowest BCUT2D eigenvalue weighted by molar-refractivity contribution is -0.119. The topological polar surface area (TPSA) is 34.0 Å². The fourth-order valence-electron chi connectivity index (χ4n) is 2.27. The van der Waals surface area contributed by atoms with E-state index in [-0.39, 0.29) is 11.8 Å². The number of carbonyl (C=O) groups is 1. The molecule has 1 aliphatic rings. The minimum Gasteiger partial charge on any atom is -0.324 e. The maximum Gasteiger partial charge on any atom is 0.227 e. The summed E-state index contributed by atoms with van der Waals surface area (Å²) in [6, 6.07) is 12.0. The van der Waals surface area contributed by atoms with Crippen molar-refractivity contribution in [3.8, 4) is 5.69 Å². The highest BCUT2D eigenvalue weighted by Crippen LogP contribution is 2.26. The van der Waals surface area contributed by atoms with E-state index in [0.29, 0.717) is 0 Å². The summed E-state index contributed by atoms with van der Waals surface area (Å²) >= 11 is 0. The van der Waals surface area contributed by atoms with E-state index in [1.54, 1.807) is 0 Å². The molecule has 17 heavy (non-hydrogen) atoms. The summed E-state index contributed by atoms with van der Waals surface area (Å²) in [6.07, 6.45) is 2.81. The van der Waals surface area contributed by atoms with Crippen molar-refractivity contribution < 1.29 is 4.79 Å². The summed E-state index contributed by atoms with van der Waals surface area (Å²) < 4.78 is 2.14. The first-order valence-corrected chi connectivity index (χ1v) is 5.82. The second kappa shape index (κ2) is 3.77. The summed E-state index contributed by atoms with van der Waals surface area (Å²) in [4.78, 5) is 11.9. The summed E-state index contributed by atoms with van der Waals surface area (Å²) in [5, 5.41) is 2.98. The predicted molar refractivity (Wildman–Crippen MR) is 67.3 cm³/mol. The molecule has 3 heteroatoms. The fourth-order valence-corrected chi connectivity index (χ4v) is 2.27. The van der Waals surface area contributed by atoms with Crippen molar-refractivity contribution in [2.45, 2.75) is 13.3 Å².